The lowest BCUT2D eigenvalue weighted by molar-refractivity contribution is -0.137. The molecular weight excluding hydrogens is 285 g/mol. The summed E-state index contributed by atoms with van der Waals surface area (Å²) in [7, 11) is 0. The molecule has 1 saturated carbocycles. The minimum atomic E-state index is -0.254. The second-order valence-electron chi connectivity index (χ2n) is 6.12. The molecule has 1 atom stereocenters. The van der Waals surface area contributed by atoms with E-state index in [4.69, 9.17) is 9.47 Å². The Morgan fingerprint density at radius 2 is 2.05 bits per heavy atom. The zero-order valence-electron chi connectivity index (χ0n) is 12.7. The molecular formula is C17H22FNO3. The highest BCUT2D eigenvalue weighted by molar-refractivity contribution is 5.78. The molecule has 0 aromatic heterocycles. The lowest BCUT2D eigenvalue weighted by Crippen LogP contribution is -2.35. The summed E-state index contributed by atoms with van der Waals surface area (Å²) in [4.78, 5) is 14.2. The van der Waals surface area contributed by atoms with Crippen LogP contribution in [0.4, 0.5) is 4.39 Å². The zero-order chi connectivity index (χ0) is 15.4. The second kappa shape index (κ2) is 7.20. The van der Waals surface area contributed by atoms with E-state index < -0.39 is 0 Å². The summed E-state index contributed by atoms with van der Waals surface area (Å²) >= 11 is 0. The van der Waals surface area contributed by atoms with E-state index in [-0.39, 0.29) is 18.3 Å². The van der Waals surface area contributed by atoms with Gasteiger partial charge in [-0.05, 0) is 37.0 Å². The highest BCUT2D eigenvalue weighted by atomic mass is 19.1. The minimum absolute atomic E-state index is 0.0192. The van der Waals surface area contributed by atoms with Crippen molar-refractivity contribution in [1.82, 2.24) is 4.90 Å². The van der Waals surface area contributed by atoms with Crippen LogP contribution in [-0.2, 0) is 20.8 Å². The van der Waals surface area contributed by atoms with Gasteiger partial charge in [0.15, 0.2) is 0 Å². The molecule has 1 aromatic rings. The molecule has 1 amide bonds. The molecule has 2 fully saturated rings. The summed E-state index contributed by atoms with van der Waals surface area (Å²) in [6.07, 6.45) is 3.10. The van der Waals surface area contributed by atoms with Crippen LogP contribution in [0.1, 0.15) is 24.8 Å². The van der Waals surface area contributed by atoms with Crippen molar-refractivity contribution in [3.05, 3.63) is 35.6 Å². The van der Waals surface area contributed by atoms with Crippen molar-refractivity contribution < 1.29 is 18.7 Å². The molecule has 2 aliphatic rings. The van der Waals surface area contributed by atoms with E-state index >= 15 is 0 Å². The molecule has 4 nitrogen and oxygen atoms in total. The number of nitrogens with zero attached hydrogens (tertiary/aromatic N) is 1. The van der Waals surface area contributed by atoms with Gasteiger partial charge in [0, 0.05) is 25.1 Å². The van der Waals surface area contributed by atoms with Crippen LogP contribution < -0.4 is 0 Å². The van der Waals surface area contributed by atoms with Gasteiger partial charge in [-0.3, -0.25) is 4.79 Å². The Kier molecular flexibility index (Phi) is 5.05. The molecule has 1 aliphatic heterocycles. The molecule has 1 saturated heterocycles. The third-order valence-electron chi connectivity index (χ3n) is 4.18. The molecule has 5 heteroatoms. The lowest BCUT2D eigenvalue weighted by Gasteiger charge is -2.23. The van der Waals surface area contributed by atoms with Gasteiger partial charge in [-0.15, -0.1) is 0 Å². The molecule has 0 radical (unpaired) electrons. The summed E-state index contributed by atoms with van der Waals surface area (Å²) in [6, 6.07) is 6.64. The van der Waals surface area contributed by atoms with Gasteiger partial charge in [0.25, 0.3) is 0 Å². The van der Waals surface area contributed by atoms with E-state index in [2.05, 4.69) is 0 Å². The van der Waals surface area contributed by atoms with Crippen molar-refractivity contribution in [2.45, 2.75) is 31.8 Å². The van der Waals surface area contributed by atoms with Crippen molar-refractivity contribution in [2.75, 3.05) is 26.4 Å². The normalized spacial score (nSPS) is 21.0. The second-order valence-corrected chi connectivity index (χ2v) is 6.12. The largest absolute Gasteiger partial charge is 0.381 e. The molecule has 0 N–H and O–H groups in total. The van der Waals surface area contributed by atoms with E-state index in [0.29, 0.717) is 25.1 Å². The lowest BCUT2D eigenvalue weighted by atomic mass is 10.1. The van der Waals surface area contributed by atoms with Gasteiger partial charge in [0.1, 0.15) is 12.4 Å². The highest BCUT2D eigenvalue weighted by Gasteiger charge is 2.32. The number of rotatable bonds is 7. The van der Waals surface area contributed by atoms with Crippen molar-refractivity contribution in [2.24, 2.45) is 5.92 Å². The van der Waals surface area contributed by atoms with Crippen LogP contribution in [0.25, 0.3) is 0 Å². The SMILES string of the molecule is O=C(COC[C@@H]1CCOC1)N(Cc1ccc(F)cc1)C1CC1. The molecule has 0 bridgehead atoms. The number of carbonyl (C=O) groups excluding carboxylic acids is 1. The molecule has 1 aliphatic carbocycles. The fourth-order valence-corrected chi connectivity index (χ4v) is 2.70. The predicted octanol–water partition coefficient (Wildman–Crippen LogP) is 2.37. The van der Waals surface area contributed by atoms with Gasteiger partial charge >= 0.3 is 0 Å². The summed E-state index contributed by atoms with van der Waals surface area (Å²) in [5.74, 6) is 0.181. The number of hydrogen-bond donors (Lipinski definition) is 0. The van der Waals surface area contributed by atoms with Crippen LogP contribution in [0, 0.1) is 11.7 Å². The van der Waals surface area contributed by atoms with Crippen LogP contribution in [0.2, 0.25) is 0 Å². The molecule has 22 heavy (non-hydrogen) atoms. The van der Waals surface area contributed by atoms with Gasteiger partial charge in [0.2, 0.25) is 5.91 Å². The van der Waals surface area contributed by atoms with Crippen molar-refractivity contribution in [1.29, 1.82) is 0 Å². The van der Waals surface area contributed by atoms with Gasteiger partial charge in [-0.25, -0.2) is 4.39 Å². The number of ether oxygens (including phenoxy) is 2. The monoisotopic (exact) mass is 307 g/mol. The quantitative estimate of drug-likeness (QED) is 0.776. The minimum Gasteiger partial charge on any atom is -0.381 e. The molecule has 120 valence electrons. The van der Waals surface area contributed by atoms with Crippen molar-refractivity contribution in [3.8, 4) is 0 Å². The van der Waals surface area contributed by atoms with Crippen molar-refractivity contribution in [3.63, 3.8) is 0 Å². The maximum absolute atomic E-state index is 13.0. The number of hydrogen-bond acceptors (Lipinski definition) is 3. The molecule has 0 unspecified atom stereocenters. The summed E-state index contributed by atoms with van der Waals surface area (Å²) < 4.78 is 23.8. The first-order valence-corrected chi connectivity index (χ1v) is 7.92. The Morgan fingerprint density at radius 3 is 2.68 bits per heavy atom. The molecule has 1 aromatic carbocycles. The average Bonchev–Trinajstić information content (AvgIpc) is 3.23. The molecule has 3 rings (SSSR count). The smallest absolute Gasteiger partial charge is 0.249 e. The van der Waals surface area contributed by atoms with Crippen LogP contribution in [-0.4, -0.2) is 43.3 Å². The standard InChI is InChI=1S/C17H22FNO3/c18-15-3-1-13(2-4-15)9-19(16-5-6-16)17(20)12-22-11-14-7-8-21-10-14/h1-4,14,16H,5-12H2/t14-/m1/s1. The van der Waals surface area contributed by atoms with Crippen LogP contribution in [0.3, 0.4) is 0 Å². The first-order valence-electron chi connectivity index (χ1n) is 7.92. The van der Waals surface area contributed by atoms with E-state index in [1.807, 2.05) is 4.90 Å². The Bertz CT molecular complexity index is 495. The Labute approximate surface area is 130 Å². The van der Waals surface area contributed by atoms with Crippen LogP contribution in [0.15, 0.2) is 24.3 Å². The summed E-state index contributed by atoms with van der Waals surface area (Å²) in [6.45, 7) is 2.76. The summed E-state index contributed by atoms with van der Waals surface area (Å²) in [5, 5.41) is 0. The van der Waals surface area contributed by atoms with Gasteiger partial charge in [-0.1, -0.05) is 12.1 Å². The maximum Gasteiger partial charge on any atom is 0.249 e. The Morgan fingerprint density at radius 1 is 1.27 bits per heavy atom. The average molecular weight is 307 g/mol. The number of amides is 1. The zero-order valence-corrected chi connectivity index (χ0v) is 12.7. The topological polar surface area (TPSA) is 38.8 Å². The fraction of sp³-hybridized carbons (Fsp3) is 0.588. The Balaban J connectivity index is 1.49. The van der Waals surface area contributed by atoms with E-state index in [1.165, 1.54) is 12.1 Å². The van der Waals surface area contributed by atoms with Gasteiger partial charge < -0.3 is 14.4 Å². The van der Waals surface area contributed by atoms with Crippen molar-refractivity contribution >= 4 is 5.91 Å². The molecule has 1 heterocycles. The first kappa shape index (κ1) is 15.4. The molecule has 0 spiro atoms. The number of carbonyl (C=O) groups is 1. The van der Waals surface area contributed by atoms with Crippen LogP contribution in [0.5, 0.6) is 0 Å². The highest BCUT2D eigenvalue weighted by Crippen LogP contribution is 2.28. The predicted molar refractivity (Wildman–Crippen MR) is 79.7 cm³/mol. The van der Waals surface area contributed by atoms with Crippen LogP contribution >= 0.6 is 0 Å². The van der Waals surface area contributed by atoms with E-state index in [0.717, 1.165) is 38.0 Å². The third-order valence-corrected chi connectivity index (χ3v) is 4.18. The maximum atomic E-state index is 13.0. The van der Waals surface area contributed by atoms with E-state index in [1.54, 1.807) is 12.1 Å². The van der Waals surface area contributed by atoms with Gasteiger partial charge in [0.05, 0.1) is 13.2 Å². The first-order chi connectivity index (χ1) is 10.7. The van der Waals surface area contributed by atoms with Gasteiger partial charge in [-0.2, -0.15) is 0 Å². The number of benzene rings is 1. The Hall–Kier alpha value is -1.46. The fourth-order valence-electron chi connectivity index (χ4n) is 2.70. The summed E-state index contributed by atoms with van der Waals surface area (Å²) in [5.41, 5.74) is 0.950. The third kappa shape index (κ3) is 4.27. The number of halogens is 1. The van der Waals surface area contributed by atoms with E-state index in [9.17, 15) is 9.18 Å².